The molecule has 20 heavy (non-hydrogen) atoms. The minimum Gasteiger partial charge on any atom is -0.507 e. The van der Waals surface area contributed by atoms with Crippen molar-refractivity contribution in [2.45, 2.75) is 0 Å². The van der Waals surface area contributed by atoms with E-state index in [1.807, 2.05) is 0 Å². The van der Waals surface area contributed by atoms with Crippen LogP contribution in [0.3, 0.4) is 0 Å². The highest BCUT2D eigenvalue weighted by molar-refractivity contribution is 9.10. The molecule has 2 N–H and O–H groups in total. The van der Waals surface area contributed by atoms with Crippen molar-refractivity contribution < 1.29 is 9.90 Å². The Hall–Kier alpha value is -1.96. The second kappa shape index (κ2) is 6.00. The quantitative estimate of drug-likeness (QED) is 0.803. The molecule has 0 saturated heterocycles. The van der Waals surface area contributed by atoms with Crippen molar-refractivity contribution in [2.75, 3.05) is 5.32 Å². The Morgan fingerprint density at radius 1 is 1.30 bits per heavy atom. The maximum Gasteiger partial charge on any atom is 0.259 e. The van der Waals surface area contributed by atoms with Crippen LogP contribution in [0.5, 0.6) is 5.75 Å². The van der Waals surface area contributed by atoms with Crippen LogP contribution in [0.1, 0.15) is 15.9 Å². The molecule has 100 valence electrons. The fourth-order valence-electron chi connectivity index (χ4n) is 1.63. The lowest BCUT2D eigenvalue weighted by Crippen LogP contribution is -2.12. The number of rotatable bonds is 2. The second-order valence-corrected chi connectivity index (χ2v) is 5.34. The summed E-state index contributed by atoms with van der Waals surface area (Å²) in [6.07, 6.45) is 5.33. The summed E-state index contributed by atoms with van der Waals surface area (Å²) in [5.41, 5.74) is 1.25. The highest BCUT2D eigenvalue weighted by Crippen LogP contribution is 2.24. The maximum atomic E-state index is 12.1. The average Bonchev–Trinajstić information content (AvgIpc) is 2.40. The number of carbonyl (C=O) groups is 1. The highest BCUT2D eigenvalue weighted by Gasteiger charge is 2.12. The van der Waals surface area contributed by atoms with E-state index in [-0.39, 0.29) is 11.3 Å². The number of terminal acetylenes is 1. The van der Waals surface area contributed by atoms with Gasteiger partial charge < -0.3 is 10.4 Å². The summed E-state index contributed by atoms with van der Waals surface area (Å²) in [4.78, 5) is 12.1. The molecule has 1 amide bonds. The van der Waals surface area contributed by atoms with Gasteiger partial charge in [-0.15, -0.1) is 6.42 Å². The molecular weight excluding hydrogens is 342 g/mol. The number of hydrogen-bond donors (Lipinski definition) is 2. The summed E-state index contributed by atoms with van der Waals surface area (Å²) in [6, 6.07) is 9.39. The largest absolute Gasteiger partial charge is 0.507 e. The molecule has 0 heterocycles. The Morgan fingerprint density at radius 2 is 2.05 bits per heavy atom. The molecule has 2 aromatic rings. The number of carbonyl (C=O) groups excluding carboxylic acids is 1. The van der Waals surface area contributed by atoms with Crippen molar-refractivity contribution in [2.24, 2.45) is 0 Å². The summed E-state index contributed by atoms with van der Waals surface area (Å²) in [6.45, 7) is 0. The van der Waals surface area contributed by atoms with Crippen molar-refractivity contribution >= 4 is 39.1 Å². The lowest BCUT2D eigenvalue weighted by atomic mass is 10.1. The number of phenolic OH excluding ortho intramolecular Hbond substituents is 1. The lowest BCUT2D eigenvalue weighted by molar-refractivity contribution is 0.102. The van der Waals surface area contributed by atoms with Crippen molar-refractivity contribution in [3.63, 3.8) is 0 Å². The maximum absolute atomic E-state index is 12.1. The Labute approximate surface area is 129 Å². The van der Waals surface area contributed by atoms with E-state index in [0.29, 0.717) is 16.3 Å². The van der Waals surface area contributed by atoms with Gasteiger partial charge in [0.25, 0.3) is 5.91 Å². The first-order valence-electron chi connectivity index (χ1n) is 5.56. The van der Waals surface area contributed by atoms with E-state index in [0.717, 1.165) is 4.47 Å². The van der Waals surface area contributed by atoms with Gasteiger partial charge in [0.2, 0.25) is 0 Å². The Bertz CT molecular complexity index is 722. The zero-order chi connectivity index (χ0) is 14.7. The predicted molar refractivity (Wildman–Crippen MR) is 83.1 cm³/mol. The molecule has 0 bridgehead atoms. The molecule has 0 fully saturated rings. The summed E-state index contributed by atoms with van der Waals surface area (Å²) in [5.74, 6) is 1.88. The molecule has 0 aromatic heterocycles. The number of hydrogen-bond acceptors (Lipinski definition) is 2. The molecule has 5 heteroatoms. The van der Waals surface area contributed by atoms with Crippen LogP contribution < -0.4 is 5.32 Å². The first kappa shape index (κ1) is 14.4. The van der Waals surface area contributed by atoms with Crippen LogP contribution in [-0.2, 0) is 0 Å². The molecule has 0 atom stereocenters. The Kier molecular flexibility index (Phi) is 4.33. The fraction of sp³-hybridized carbons (Fsp3) is 0. The number of amides is 1. The van der Waals surface area contributed by atoms with E-state index in [1.54, 1.807) is 18.2 Å². The van der Waals surface area contributed by atoms with Crippen LogP contribution in [0.4, 0.5) is 5.69 Å². The van der Waals surface area contributed by atoms with Crippen LogP contribution in [0, 0.1) is 12.3 Å². The van der Waals surface area contributed by atoms with E-state index in [1.165, 1.54) is 18.2 Å². The normalized spacial score (nSPS) is 9.85. The van der Waals surface area contributed by atoms with E-state index < -0.39 is 5.91 Å². The third-order valence-electron chi connectivity index (χ3n) is 2.53. The molecule has 0 radical (unpaired) electrons. The molecule has 2 rings (SSSR count). The number of aromatic hydroxyl groups is 1. The SMILES string of the molecule is C#Cc1cc(Br)cc(NC(=O)c2cc(Cl)ccc2O)c1. The summed E-state index contributed by atoms with van der Waals surface area (Å²) >= 11 is 9.12. The van der Waals surface area contributed by atoms with Gasteiger partial charge >= 0.3 is 0 Å². The van der Waals surface area contributed by atoms with E-state index >= 15 is 0 Å². The first-order chi connectivity index (χ1) is 9.49. The first-order valence-corrected chi connectivity index (χ1v) is 6.74. The van der Waals surface area contributed by atoms with Crippen LogP contribution in [0.2, 0.25) is 5.02 Å². The zero-order valence-corrected chi connectivity index (χ0v) is 12.5. The van der Waals surface area contributed by atoms with Gasteiger partial charge in [-0.25, -0.2) is 0 Å². The molecule has 0 spiro atoms. The third kappa shape index (κ3) is 3.32. The summed E-state index contributed by atoms with van der Waals surface area (Å²) in [7, 11) is 0. The monoisotopic (exact) mass is 349 g/mol. The van der Waals surface area contributed by atoms with E-state index in [4.69, 9.17) is 18.0 Å². The van der Waals surface area contributed by atoms with Crippen LogP contribution in [-0.4, -0.2) is 11.0 Å². The standard InChI is InChI=1S/C15H9BrClNO2/c1-2-9-5-10(16)7-12(6-9)18-15(20)13-8-11(17)3-4-14(13)19/h1,3-8,19H,(H,18,20). The molecule has 0 saturated carbocycles. The van der Waals surface area contributed by atoms with Gasteiger partial charge in [-0.05, 0) is 36.4 Å². The van der Waals surface area contributed by atoms with Gasteiger partial charge in [-0.3, -0.25) is 4.79 Å². The zero-order valence-electron chi connectivity index (χ0n) is 10.2. The minimum atomic E-state index is -0.467. The van der Waals surface area contributed by atoms with E-state index in [9.17, 15) is 9.90 Å². The molecule has 0 aliphatic carbocycles. The minimum absolute atomic E-state index is 0.0970. The van der Waals surface area contributed by atoms with Crippen molar-refractivity contribution in [1.82, 2.24) is 0 Å². The predicted octanol–water partition coefficient (Wildman–Crippen LogP) is 4.04. The molecule has 0 aliphatic heterocycles. The van der Waals surface area contributed by atoms with Crippen molar-refractivity contribution in [1.29, 1.82) is 0 Å². The van der Waals surface area contributed by atoms with Gasteiger partial charge in [0, 0.05) is 20.7 Å². The van der Waals surface area contributed by atoms with Crippen molar-refractivity contribution in [3.8, 4) is 18.1 Å². The Morgan fingerprint density at radius 3 is 2.75 bits per heavy atom. The number of halogens is 2. The van der Waals surface area contributed by atoms with E-state index in [2.05, 4.69) is 27.2 Å². The average molecular weight is 351 g/mol. The highest BCUT2D eigenvalue weighted by atomic mass is 79.9. The molecule has 0 unspecified atom stereocenters. The number of phenols is 1. The van der Waals surface area contributed by atoms with Crippen LogP contribution in [0.15, 0.2) is 40.9 Å². The fourth-order valence-corrected chi connectivity index (χ4v) is 2.30. The summed E-state index contributed by atoms with van der Waals surface area (Å²) < 4.78 is 0.749. The number of anilines is 1. The number of nitrogens with one attached hydrogen (secondary N) is 1. The van der Waals surface area contributed by atoms with Crippen LogP contribution >= 0.6 is 27.5 Å². The smallest absolute Gasteiger partial charge is 0.259 e. The molecule has 3 nitrogen and oxygen atoms in total. The van der Waals surface area contributed by atoms with Crippen molar-refractivity contribution in [3.05, 3.63) is 57.0 Å². The van der Waals surface area contributed by atoms with Gasteiger partial charge in [-0.2, -0.15) is 0 Å². The van der Waals surface area contributed by atoms with Gasteiger partial charge in [0.05, 0.1) is 5.56 Å². The number of benzene rings is 2. The second-order valence-electron chi connectivity index (χ2n) is 3.99. The lowest BCUT2D eigenvalue weighted by Gasteiger charge is -2.08. The van der Waals surface area contributed by atoms with Gasteiger partial charge in [-0.1, -0.05) is 33.5 Å². The molecule has 2 aromatic carbocycles. The topological polar surface area (TPSA) is 49.3 Å². The Balaban J connectivity index is 2.30. The third-order valence-corrected chi connectivity index (χ3v) is 3.22. The van der Waals surface area contributed by atoms with Gasteiger partial charge in [0.1, 0.15) is 5.75 Å². The molecular formula is C15H9BrClNO2. The molecule has 0 aliphatic rings. The van der Waals surface area contributed by atoms with Crippen LogP contribution in [0.25, 0.3) is 0 Å². The van der Waals surface area contributed by atoms with Gasteiger partial charge in [0.15, 0.2) is 0 Å². The summed E-state index contributed by atoms with van der Waals surface area (Å²) in [5, 5.41) is 12.7.